The molecule has 1 aliphatic rings. The molecule has 0 aromatic carbocycles. The van der Waals surface area contributed by atoms with Crippen LogP contribution in [-0.4, -0.2) is 25.2 Å². The average molecular weight is 348 g/mol. The molecule has 6 heteroatoms. The van der Waals surface area contributed by atoms with Crippen molar-refractivity contribution in [2.75, 3.05) is 0 Å². The Hall–Kier alpha value is -3.07. The Kier molecular flexibility index (Phi) is 4.00. The second-order valence-corrected chi connectivity index (χ2v) is 6.74. The summed E-state index contributed by atoms with van der Waals surface area (Å²) in [6, 6.07) is 7.26. The Morgan fingerprint density at radius 2 is 2.15 bits per heavy atom. The number of hydrogen-bond acceptors (Lipinski definition) is 4. The third-order valence-electron chi connectivity index (χ3n) is 4.46. The molecule has 0 saturated heterocycles. The molecular weight excluding hydrogens is 331 g/mol. The molecule has 1 atom stereocenters. The van der Waals surface area contributed by atoms with Crippen LogP contribution in [0.1, 0.15) is 36.8 Å². The molecule has 5 nitrogen and oxygen atoms in total. The average Bonchev–Trinajstić information content (AvgIpc) is 2.78. The number of halogens is 1. The van der Waals surface area contributed by atoms with E-state index in [1.165, 1.54) is 11.5 Å². The first-order valence-corrected chi connectivity index (χ1v) is 8.53. The smallest absolute Gasteiger partial charge is 0.280 e. The molecule has 0 saturated carbocycles. The van der Waals surface area contributed by atoms with Gasteiger partial charge < -0.3 is 0 Å². The van der Waals surface area contributed by atoms with Crippen LogP contribution in [0.4, 0.5) is 4.39 Å². The zero-order valence-electron chi connectivity index (χ0n) is 14.4. The highest BCUT2D eigenvalue weighted by Gasteiger charge is 2.29. The van der Waals surface area contributed by atoms with E-state index in [-0.39, 0.29) is 17.6 Å². The maximum Gasteiger partial charge on any atom is 0.280 e. The third kappa shape index (κ3) is 3.21. The Morgan fingerprint density at radius 1 is 1.27 bits per heavy atom. The molecule has 0 radical (unpaired) electrons. The topological polar surface area (TPSA) is 60.7 Å². The first-order valence-electron chi connectivity index (χ1n) is 8.53. The molecular formula is C20H17FN4O. The summed E-state index contributed by atoms with van der Waals surface area (Å²) >= 11 is 0. The Labute approximate surface area is 149 Å². The summed E-state index contributed by atoms with van der Waals surface area (Å²) in [4.78, 5) is 25.7. The van der Waals surface area contributed by atoms with E-state index in [4.69, 9.17) is 0 Å². The van der Waals surface area contributed by atoms with Crippen molar-refractivity contribution in [3.63, 3.8) is 0 Å². The van der Waals surface area contributed by atoms with Crippen molar-refractivity contribution in [3.05, 3.63) is 64.1 Å². The molecule has 4 heterocycles. The zero-order valence-corrected chi connectivity index (χ0v) is 14.4. The second-order valence-electron chi connectivity index (χ2n) is 6.74. The maximum atomic E-state index is 14.5. The SMILES string of the molecule is C[C@]1(F)CCCc2nc3cc(C#Cc4ccccn4)cnc3c(=O)n2C1. The Balaban J connectivity index is 1.79. The van der Waals surface area contributed by atoms with Gasteiger partial charge in [0.1, 0.15) is 17.2 Å². The van der Waals surface area contributed by atoms with Crippen molar-refractivity contribution in [2.45, 2.75) is 38.4 Å². The monoisotopic (exact) mass is 348 g/mol. The quantitative estimate of drug-likeness (QED) is 0.586. The molecule has 0 fully saturated rings. The van der Waals surface area contributed by atoms with Crippen LogP contribution in [0.2, 0.25) is 0 Å². The third-order valence-corrected chi connectivity index (χ3v) is 4.46. The minimum Gasteiger partial charge on any atom is -0.292 e. The maximum absolute atomic E-state index is 14.5. The normalized spacial score (nSPS) is 19.3. The molecule has 4 rings (SSSR count). The molecule has 0 aliphatic carbocycles. The van der Waals surface area contributed by atoms with Gasteiger partial charge in [-0.25, -0.2) is 19.3 Å². The summed E-state index contributed by atoms with van der Waals surface area (Å²) < 4.78 is 15.9. The van der Waals surface area contributed by atoms with Gasteiger partial charge in [0.2, 0.25) is 0 Å². The minimum absolute atomic E-state index is 0.0209. The lowest BCUT2D eigenvalue weighted by atomic mass is 10.0. The summed E-state index contributed by atoms with van der Waals surface area (Å²) in [5.41, 5.74) is 0.360. The lowest BCUT2D eigenvalue weighted by Gasteiger charge is -2.19. The molecule has 3 aromatic heterocycles. The molecule has 130 valence electrons. The predicted molar refractivity (Wildman–Crippen MR) is 96.5 cm³/mol. The van der Waals surface area contributed by atoms with Crippen molar-refractivity contribution in [1.82, 2.24) is 19.5 Å². The van der Waals surface area contributed by atoms with E-state index in [2.05, 4.69) is 26.8 Å². The number of hydrogen-bond donors (Lipinski definition) is 0. The number of pyridine rings is 2. The summed E-state index contributed by atoms with van der Waals surface area (Å²) in [5, 5.41) is 0. The van der Waals surface area contributed by atoms with Gasteiger partial charge in [-0.3, -0.25) is 9.36 Å². The van der Waals surface area contributed by atoms with Crippen LogP contribution in [0.25, 0.3) is 11.0 Å². The first kappa shape index (κ1) is 16.4. The van der Waals surface area contributed by atoms with Crippen molar-refractivity contribution in [1.29, 1.82) is 0 Å². The first-order chi connectivity index (χ1) is 12.5. The summed E-state index contributed by atoms with van der Waals surface area (Å²) in [6.07, 6.45) is 4.88. The Morgan fingerprint density at radius 3 is 2.96 bits per heavy atom. The largest absolute Gasteiger partial charge is 0.292 e. The number of aromatic nitrogens is 4. The molecule has 0 unspecified atom stereocenters. The van der Waals surface area contributed by atoms with E-state index in [1.807, 2.05) is 18.2 Å². The predicted octanol–water partition coefficient (Wildman–Crippen LogP) is 2.65. The molecule has 3 aromatic rings. The fourth-order valence-corrected chi connectivity index (χ4v) is 3.17. The summed E-state index contributed by atoms with van der Waals surface area (Å²) in [7, 11) is 0. The Bertz CT molecular complexity index is 1090. The van der Waals surface area contributed by atoms with Gasteiger partial charge in [-0.05, 0) is 43.9 Å². The minimum atomic E-state index is -1.40. The van der Waals surface area contributed by atoms with Crippen LogP contribution >= 0.6 is 0 Å². The summed E-state index contributed by atoms with van der Waals surface area (Å²) in [6.45, 7) is 1.55. The summed E-state index contributed by atoms with van der Waals surface area (Å²) in [5.74, 6) is 6.57. The van der Waals surface area contributed by atoms with Gasteiger partial charge in [-0.15, -0.1) is 0 Å². The van der Waals surface area contributed by atoms with Crippen molar-refractivity contribution < 1.29 is 4.39 Å². The lowest BCUT2D eigenvalue weighted by molar-refractivity contribution is 0.150. The van der Waals surface area contributed by atoms with Crippen LogP contribution in [0, 0.1) is 11.8 Å². The number of rotatable bonds is 0. The van der Waals surface area contributed by atoms with E-state index >= 15 is 0 Å². The number of fused-ring (bicyclic) bond motifs is 2. The fourth-order valence-electron chi connectivity index (χ4n) is 3.17. The van der Waals surface area contributed by atoms with Gasteiger partial charge in [0.05, 0.1) is 12.1 Å². The van der Waals surface area contributed by atoms with Gasteiger partial charge in [-0.1, -0.05) is 12.0 Å². The van der Waals surface area contributed by atoms with Gasteiger partial charge in [0.15, 0.2) is 5.52 Å². The van der Waals surface area contributed by atoms with E-state index in [1.54, 1.807) is 18.5 Å². The van der Waals surface area contributed by atoms with E-state index < -0.39 is 5.67 Å². The molecule has 0 bridgehead atoms. The number of aryl methyl sites for hydroxylation is 1. The van der Waals surface area contributed by atoms with Gasteiger partial charge in [-0.2, -0.15) is 0 Å². The molecule has 1 aliphatic heterocycles. The number of nitrogens with zero attached hydrogens (tertiary/aromatic N) is 4. The standard InChI is InChI=1S/C20H17FN4O/c1-20(21)9-4-6-17-24-16-11-14(7-8-15-5-2-3-10-22-15)12-23-18(16)19(26)25(17)13-20/h2-3,5,10-12H,4,6,9,13H2,1H3/t20-/m0/s1. The molecule has 0 N–H and O–H groups in total. The molecule has 0 spiro atoms. The van der Waals surface area contributed by atoms with Crippen molar-refractivity contribution >= 4 is 11.0 Å². The number of alkyl halides is 1. The van der Waals surface area contributed by atoms with E-state index in [0.29, 0.717) is 41.9 Å². The van der Waals surface area contributed by atoms with Crippen molar-refractivity contribution in [3.8, 4) is 11.8 Å². The second kappa shape index (κ2) is 6.34. The van der Waals surface area contributed by atoms with Gasteiger partial charge in [0, 0.05) is 24.4 Å². The van der Waals surface area contributed by atoms with Crippen LogP contribution in [0.3, 0.4) is 0 Å². The van der Waals surface area contributed by atoms with Crippen LogP contribution in [0.5, 0.6) is 0 Å². The van der Waals surface area contributed by atoms with Gasteiger partial charge >= 0.3 is 0 Å². The molecule has 0 amide bonds. The zero-order chi connectivity index (χ0) is 18.1. The lowest BCUT2D eigenvalue weighted by Crippen LogP contribution is -2.32. The van der Waals surface area contributed by atoms with Crippen molar-refractivity contribution in [2.24, 2.45) is 0 Å². The highest BCUT2D eigenvalue weighted by Crippen LogP contribution is 2.25. The van der Waals surface area contributed by atoms with E-state index in [0.717, 1.165) is 0 Å². The van der Waals surface area contributed by atoms with E-state index in [9.17, 15) is 9.18 Å². The highest BCUT2D eigenvalue weighted by molar-refractivity contribution is 5.74. The van der Waals surface area contributed by atoms with Crippen LogP contribution in [0.15, 0.2) is 41.5 Å². The highest BCUT2D eigenvalue weighted by atomic mass is 19.1. The molecule has 26 heavy (non-hydrogen) atoms. The van der Waals surface area contributed by atoms with Crippen LogP contribution < -0.4 is 5.56 Å². The fraction of sp³-hybridized carbons (Fsp3) is 0.300. The van der Waals surface area contributed by atoms with Crippen LogP contribution in [-0.2, 0) is 13.0 Å². The van der Waals surface area contributed by atoms with Gasteiger partial charge in [0.25, 0.3) is 5.56 Å².